The number of rotatable bonds is 3. The molecule has 0 amide bonds. The van der Waals surface area contributed by atoms with Crippen LogP contribution in [0.15, 0.2) is 18.2 Å². The van der Waals surface area contributed by atoms with E-state index in [1.165, 1.54) is 18.2 Å². The minimum Gasteiger partial charge on any atom is -0.367 e. The average Bonchev–Trinajstić information content (AvgIpc) is 2.18. The van der Waals surface area contributed by atoms with Crippen molar-refractivity contribution in [2.24, 2.45) is 0 Å². The van der Waals surface area contributed by atoms with Crippen molar-refractivity contribution in [1.82, 2.24) is 0 Å². The largest absolute Gasteiger partial charge is 0.367 e. The van der Waals surface area contributed by atoms with Gasteiger partial charge >= 0.3 is 0 Å². The van der Waals surface area contributed by atoms with E-state index in [0.29, 0.717) is 6.42 Å². The number of anilines is 1. The van der Waals surface area contributed by atoms with Crippen molar-refractivity contribution in [2.45, 2.75) is 19.4 Å². The molecule has 1 rings (SSSR count). The van der Waals surface area contributed by atoms with Crippen LogP contribution in [-0.2, 0) is 0 Å². The minimum atomic E-state index is -0.626. The van der Waals surface area contributed by atoms with Gasteiger partial charge in [0.1, 0.15) is 17.3 Å². The highest BCUT2D eigenvalue weighted by molar-refractivity contribution is 5.48. The molecule has 0 bridgehead atoms. The lowest BCUT2D eigenvalue weighted by atomic mass is 10.2. The second-order valence-electron chi connectivity index (χ2n) is 2.87. The summed E-state index contributed by atoms with van der Waals surface area (Å²) in [7, 11) is 0. The Kier molecular flexibility index (Phi) is 3.47. The predicted octanol–water partition coefficient (Wildman–Crippen LogP) is 2.79. The zero-order valence-corrected chi connectivity index (χ0v) is 7.85. The smallest absolute Gasteiger partial charge is 0.149 e. The summed E-state index contributed by atoms with van der Waals surface area (Å²) in [5, 5.41) is 2.63. The van der Waals surface area contributed by atoms with Crippen LogP contribution in [0.4, 0.5) is 14.5 Å². The normalized spacial score (nSPS) is 11.9. The van der Waals surface area contributed by atoms with E-state index in [2.05, 4.69) is 11.2 Å². The van der Waals surface area contributed by atoms with E-state index in [0.717, 1.165) is 0 Å². The van der Waals surface area contributed by atoms with Gasteiger partial charge in [-0.1, -0.05) is 18.9 Å². The standard InChI is InChI=1S/C11H11F2N/c1-3-8(4-2)14-11-9(12)6-5-7-10(11)13/h1,5-8,14H,4H2,2H3. The lowest BCUT2D eigenvalue weighted by molar-refractivity contribution is 0.585. The number of hydrogen-bond acceptors (Lipinski definition) is 1. The van der Waals surface area contributed by atoms with Crippen LogP contribution < -0.4 is 5.32 Å². The molecule has 0 saturated heterocycles. The van der Waals surface area contributed by atoms with Crippen LogP contribution in [0, 0.1) is 24.0 Å². The summed E-state index contributed by atoms with van der Waals surface area (Å²) in [4.78, 5) is 0. The molecule has 0 fully saturated rings. The Bertz CT molecular complexity index is 335. The fourth-order valence-electron chi connectivity index (χ4n) is 1.07. The first-order valence-corrected chi connectivity index (χ1v) is 4.35. The molecule has 0 spiro atoms. The molecule has 1 aromatic rings. The van der Waals surface area contributed by atoms with Crippen LogP contribution in [0.5, 0.6) is 0 Å². The summed E-state index contributed by atoms with van der Waals surface area (Å²) in [6.07, 6.45) is 5.79. The number of terminal acetylenes is 1. The van der Waals surface area contributed by atoms with Gasteiger partial charge in [-0.05, 0) is 18.6 Å². The third-order valence-electron chi connectivity index (χ3n) is 1.89. The first-order chi connectivity index (χ1) is 6.69. The lowest BCUT2D eigenvalue weighted by Crippen LogP contribution is -2.17. The predicted molar refractivity (Wildman–Crippen MR) is 52.9 cm³/mol. The SMILES string of the molecule is C#CC(CC)Nc1c(F)cccc1F. The zero-order chi connectivity index (χ0) is 10.6. The Labute approximate surface area is 82.1 Å². The number of halogens is 2. The lowest BCUT2D eigenvalue weighted by Gasteiger charge is -2.13. The average molecular weight is 195 g/mol. The van der Waals surface area contributed by atoms with Crippen LogP contribution in [-0.4, -0.2) is 6.04 Å². The minimum absolute atomic E-state index is 0.155. The highest BCUT2D eigenvalue weighted by Crippen LogP contribution is 2.19. The van der Waals surface area contributed by atoms with E-state index in [-0.39, 0.29) is 11.7 Å². The van der Waals surface area contributed by atoms with E-state index in [9.17, 15) is 8.78 Å². The maximum atomic E-state index is 13.1. The summed E-state index contributed by atoms with van der Waals surface area (Å²) >= 11 is 0. The van der Waals surface area contributed by atoms with E-state index in [1.54, 1.807) is 0 Å². The third kappa shape index (κ3) is 2.23. The monoisotopic (exact) mass is 195 g/mol. The first-order valence-electron chi connectivity index (χ1n) is 4.35. The fraction of sp³-hybridized carbons (Fsp3) is 0.273. The highest BCUT2D eigenvalue weighted by atomic mass is 19.1. The van der Waals surface area contributed by atoms with Gasteiger partial charge in [0, 0.05) is 0 Å². The van der Waals surface area contributed by atoms with E-state index in [1.807, 2.05) is 6.92 Å². The van der Waals surface area contributed by atoms with Crippen molar-refractivity contribution in [3.05, 3.63) is 29.8 Å². The van der Waals surface area contributed by atoms with E-state index >= 15 is 0 Å². The molecule has 1 atom stereocenters. The van der Waals surface area contributed by atoms with Crippen molar-refractivity contribution >= 4 is 5.69 Å². The van der Waals surface area contributed by atoms with Gasteiger partial charge in [0.25, 0.3) is 0 Å². The number of para-hydroxylation sites is 1. The molecule has 74 valence electrons. The van der Waals surface area contributed by atoms with Gasteiger partial charge in [0.2, 0.25) is 0 Å². The quantitative estimate of drug-likeness (QED) is 0.731. The topological polar surface area (TPSA) is 12.0 Å². The Balaban J connectivity index is 2.91. The van der Waals surface area contributed by atoms with Gasteiger partial charge in [-0.2, -0.15) is 0 Å². The van der Waals surface area contributed by atoms with Crippen LogP contribution in [0.25, 0.3) is 0 Å². The van der Waals surface area contributed by atoms with Crippen molar-refractivity contribution in [1.29, 1.82) is 0 Å². The van der Waals surface area contributed by atoms with Crippen molar-refractivity contribution in [2.75, 3.05) is 5.32 Å². The Morgan fingerprint density at radius 3 is 2.43 bits per heavy atom. The van der Waals surface area contributed by atoms with Gasteiger partial charge in [-0.25, -0.2) is 8.78 Å². The fourth-order valence-corrected chi connectivity index (χ4v) is 1.07. The van der Waals surface area contributed by atoms with Gasteiger partial charge in [-0.15, -0.1) is 6.42 Å². The van der Waals surface area contributed by atoms with Crippen molar-refractivity contribution < 1.29 is 8.78 Å². The maximum absolute atomic E-state index is 13.1. The van der Waals surface area contributed by atoms with Gasteiger partial charge in [0.05, 0.1) is 6.04 Å². The van der Waals surface area contributed by atoms with Crippen LogP contribution >= 0.6 is 0 Å². The number of benzene rings is 1. The van der Waals surface area contributed by atoms with Gasteiger partial charge < -0.3 is 5.32 Å². The summed E-state index contributed by atoms with van der Waals surface area (Å²) < 4.78 is 26.2. The molecule has 3 heteroatoms. The molecule has 0 heterocycles. The molecule has 1 N–H and O–H groups in total. The summed E-state index contributed by atoms with van der Waals surface area (Å²) in [5.41, 5.74) is -0.155. The summed E-state index contributed by atoms with van der Waals surface area (Å²) in [6, 6.07) is 3.34. The highest BCUT2D eigenvalue weighted by Gasteiger charge is 2.10. The van der Waals surface area contributed by atoms with Crippen LogP contribution in [0.3, 0.4) is 0 Å². The molecule has 1 unspecified atom stereocenters. The van der Waals surface area contributed by atoms with Crippen molar-refractivity contribution in [3.63, 3.8) is 0 Å². The molecule has 1 nitrogen and oxygen atoms in total. The second-order valence-corrected chi connectivity index (χ2v) is 2.87. The van der Waals surface area contributed by atoms with E-state index in [4.69, 9.17) is 6.42 Å². The molecular formula is C11H11F2N. The summed E-state index contributed by atoms with van der Waals surface area (Å²) in [5.74, 6) is 1.16. The van der Waals surface area contributed by atoms with Crippen molar-refractivity contribution in [3.8, 4) is 12.3 Å². The molecule has 0 aliphatic rings. The second kappa shape index (κ2) is 4.61. The molecule has 0 aliphatic heterocycles. The van der Waals surface area contributed by atoms with Gasteiger partial charge in [-0.3, -0.25) is 0 Å². The van der Waals surface area contributed by atoms with Crippen LogP contribution in [0.2, 0.25) is 0 Å². The molecule has 0 saturated carbocycles. The number of hydrogen-bond donors (Lipinski definition) is 1. The summed E-state index contributed by atoms with van der Waals surface area (Å²) in [6.45, 7) is 1.84. The third-order valence-corrected chi connectivity index (χ3v) is 1.89. The van der Waals surface area contributed by atoms with Gasteiger partial charge in [0.15, 0.2) is 0 Å². The zero-order valence-electron chi connectivity index (χ0n) is 7.85. The Morgan fingerprint density at radius 2 is 2.00 bits per heavy atom. The molecule has 1 aromatic carbocycles. The molecular weight excluding hydrogens is 184 g/mol. The van der Waals surface area contributed by atoms with E-state index < -0.39 is 11.6 Å². The number of nitrogens with one attached hydrogen (secondary N) is 1. The van der Waals surface area contributed by atoms with Crippen LogP contribution in [0.1, 0.15) is 13.3 Å². The molecule has 14 heavy (non-hydrogen) atoms. The maximum Gasteiger partial charge on any atom is 0.149 e. The molecule has 0 aliphatic carbocycles. The Morgan fingerprint density at radius 1 is 1.43 bits per heavy atom. The molecule has 0 aromatic heterocycles. The first kappa shape index (κ1) is 10.5. The molecule has 0 radical (unpaired) electrons. The Hall–Kier alpha value is -1.56.